The topological polar surface area (TPSA) is 52.5 Å². The van der Waals surface area contributed by atoms with Crippen LogP contribution in [0.1, 0.15) is 36.6 Å². The SMILES string of the molecule is CC(NC1CCSc2ccccc21)c1c(O)cccc1O. The Balaban J connectivity index is 1.85. The lowest BCUT2D eigenvalue weighted by atomic mass is 10.00. The standard InChI is InChI=1S/C17H19NO2S/c1-11(17-14(19)6-4-7-15(17)20)18-13-9-10-21-16-8-3-2-5-12(13)16/h2-8,11,13,18-20H,9-10H2,1H3. The van der Waals surface area contributed by atoms with Gasteiger partial charge in [-0.25, -0.2) is 0 Å². The van der Waals surface area contributed by atoms with E-state index in [0.29, 0.717) is 5.56 Å². The van der Waals surface area contributed by atoms with Crippen LogP contribution >= 0.6 is 11.8 Å². The van der Waals surface area contributed by atoms with Crippen molar-refractivity contribution < 1.29 is 10.2 Å². The van der Waals surface area contributed by atoms with E-state index in [1.807, 2.05) is 18.7 Å². The number of benzene rings is 2. The highest BCUT2D eigenvalue weighted by Gasteiger charge is 2.24. The molecular weight excluding hydrogens is 282 g/mol. The molecule has 3 N–H and O–H groups in total. The molecule has 3 rings (SSSR count). The van der Waals surface area contributed by atoms with Crippen molar-refractivity contribution in [2.75, 3.05) is 5.75 Å². The Labute approximate surface area is 129 Å². The van der Waals surface area contributed by atoms with Crippen molar-refractivity contribution >= 4 is 11.8 Å². The molecule has 3 nitrogen and oxygen atoms in total. The van der Waals surface area contributed by atoms with Crippen LogP contribution in [0, 0.1) is 0 Å². The molecule has 1 heterocycles. The molecule has 110 valence electrons. The van der Waals surface area contributed by atoms with Crippen LogP contribution in [-0.2, 0) is 0 Å². The third-order valence-corrected chi connectivity index (χ3v) is 5.03. The van der Waals surface area contributed by atoms with E-state index >= 15 is 0 Å². The van der Waals surface area contributed by atoms with Gasteiger partial charge in [0.05, 0.1) is 5.56 Å². The molecule has 2 atom stereocenters. The summed E-state index contributed by atoms with van der Waals surface area (Å²) in [6.45, 7) is 1.97. The lowest BCUT2D eigenvalue weighted by molar-refractivity contribution is 0.395. The fourth-order valence-corrected chi connectivity index (χ4v) is 4.01. The fraction of sp³-hybridized carbons (Fsp3) is 0.294. The largest absolute Gasteiger partial charge is 0.507 e. The molecule has 4 heteroatoms. The molecule has 0 bridgehead atoms. The maximum absolute atomic E-state index is 9.98. The van der Waals surface area contributed by atoms with Crippen molar-refractivity contribution in [2.45, 2.75) is 30.3 Å². The minimum absolute atomic E-state index is 0.118. The van der Waals surface area contributed by atoms with Crippen LogP contribution in [0.3, 0.4) is 0 Å². The normalized spacial score (nSPS) is 19.0. The molecular formula is C17H19NO2S. The van der Waals surface area contributed by atoms with Gasteiger partial charge in [0.25, 0.3) is 0 Å². The zero-order valence-electron chi connectivity index (χ0n) is 11.9. The van der Waals surface area contributed by atoms with Crippen LogP contribution in [0.25, 0.3) is 0 Å². The van der Waals surface area contributed by atoms with Gasteiger partial charge in [-0.2, -0.15) is 0 Å². The number of nitrogens with one attached hydrogen (secondary N) is 1. The number of fused-ring (bicyclic) bond motifs is 1. The van der Waals surface area contributed by atoms with Gasteiger partial charge in [-0.3, -0.25) is 0 Å². The summed E-state index contributed by atoms with van der Waals surface area (Å²) in [6, 6.07) is 13.4. The molecule has 0 saturated heterocycles. The third kappa shape index (κ3) is 2.87. The van der Waals surface area contributed by atoms with Gasteiger partial charge in [-0.15, -0.1) is 11.8 Å². The smallest absolute Gasteiger partial charge is 0.124 e. The lowest BCUT2D eigenvalue weighted by Crippen LogP contribution is -2.27. The van der Waals surface area contributed by atoms with E-state index in [-0.39, 0.29) is 23.6 Å². The third-order valence-electron chi connectivity index (χ3n) is 3.90. The molecule has 0 radical (unpaired) electrons. The van der Waals surface area contributed by atoms with Gasteiger partial charge in [-0.1, -0.05) is 24.3 Å². The maximum atomic E-state index is 9.98. The molecule has 21 heavy (non-hydrogen) atoms. The van der Waals surface area contributed by atoms with E-state index in [1.165, 1.54) is 10.5 Å². The second-order valence-corrected chi connectivity index (χ2v) is 6.46. The number of thioether (sulfide) groups is 1. The highest BCUT2D eigenvalue weighted by atomic mass is 32.2. The first kappa shape index (κ1) is 14.3. The van der Waals surface area contributed by atoms with Crippen LogP contribution in [0.2, 0.25) is 0 Å². The molecule has 0 amide bonds. The Hall–Kier alpha value is -1.65. The van der Waals surface area contributed by atoms with Crippen molar-refractivity contribution in [3.63, 3.8) is 0 Å². The van der Waals surface area contributed by atoms with E-state index in [2.05, 4.69) is 29.6 Å². The summed E-state index contributed by atoms with van der Waals surface area (Å²) in [6.07, 6.45) is 1.04. The molecule has 0 aromatic heterocycles. The number of rotatable bonds is 3. The molecule has 2 aromatic carbocycles. The van der Waals surface area contributed by atoms with Gasteiger partial charge in [0.1, 0.15) is 11.5 Å². The van der Waals surface area contributed by atoms with Gasteiger partial charge < -0.3 is 15.5 Å². The Bertz CT molecular complexity index is 624. The zero-order valence-corrected chi connectivity index (χ0v) is 12.7. The second-order valence-electron chi connectivity index (χ2n) is 5.33. The Kier molecular flexibility index (Phi) is 4.08. The Morgan fingerprint density at radius 2 is 1.81 bits per heavy atom. The summed E-state index contributed by atoms with van der Waals surface area (Å²) in [7, 11) is 0. The number of hydrogen-bond acceptors (Lipinski definition) is 4. The average Bonchev–Trinajstić information content (AvgIpc) is 2.47. The maximum Gasteiger partial charge on any atom is 0.124 e. The Morgan fingerprint density at radius 1 is 1.10 bits per heavy atom. The van der Waals surface area contributed by atoms with E-state index in [9.17, 15) is 10.2 Å². The number of hydrogen-bond donors (Lipinski definition) is 3. The highest BCUT2D eigenvalue weighted by molar-refractivity contribution is 7.99. The monoisotopic (exact) mass is 301 g/mol. The molecule has 0 aliphatic carbocycles. The Morgan fingerprint density at radius 3 is 2.57 bits per heavy atom. The van der Waals surface area contributed by atoms with Gasteiger partial charge >= 0.3 is 0 Å². The highest BCUT2D eigenvalue weighted by Crippen LogP contribution is 2.39. The summed E-state index contributed by atoms with van der Waals surface area (Å²) in [5.41, 5.74) is 1.86. The molecule has 0 spiro atoms. The van der Waals surface area contributed by atoms with Gasteiger partial charge in [-0.05, 0) is 42.9 Å². The number of phenolic OH excluding ortho intramolecular Hbond substituents is 2. The van der Waals surface area contributed by atoms with Crippen molar-refractivity contribution in [1.82, 2.24) is 5.32 Å². The van der Waals surface area contributed by atoms with Crippen molar-refractivity contribution in [3.8, 4) is 11.5 Å². The molecule has 1 aliphatic heterocycles. The predicted octanol–water partition coefficient (Wildman–Crippen LogP) is 3.99. The minimum atomic E-state index is -0.118. The zero-order chi connectivity index (χ0) is 14.8. The van der Waals surface area contributed by atoms with Crippen LogP contribution in [0.5, 0.6) is 11.5 Å². The molecule has 2 unspecified atom stereocenters. The summed E-state index contributed by atoms with van der Waals surface area (Å²) in [4.78, 5) is 1.31. The summed E-state index contributed by atoms with van der Waals surface area (Å²) in [5.74, 6) is 1.34. The first-order valence-corrected chi connectivity index (χ1v) is 8.14. The second kappa shape index (κ2) is 6.00. The summed E-state index contributed by atoms with van der Waals surface area (Å²) in [5, 5.41) is 23.5. The van der Waals surface area contributed by atoms with Gasteiger partial charge in [0.15, 0.2) is 0 Å². The summed E-state index contributed by atoms with van der Waals surface area (Å²) >= 11 is 1.88. The van der Waals surface area contributed by atoms with Crippen LogP contribution < -0.4 is 5.32 Å². The van der Waals surface area contributed by atoms with Crippen molar-refractivity contribution in [2.24, 2.45) is 0 Å². The quantitative estimate of drug-likeness (QED) is 0.802. The van der Waals surface area contributed by atoms with E-state index in [4.69, 9.17) is 0 Å². The van der Waals surface area contributed by atoms with Gasteiger partial charge in [0, 0.05) is 17.0 Å². The minimum Gasteiger partial charge on any atom is -0.507 e. The lowest BCUT2D eigenvalue weighted by Gasteiger charge is -2.29. The molecule has 2 aromatic rings. The fourth-order valence-electron chi connectivity index (χ4n) is 2.89. The summed E-state index contributed by atoms with van der Waals surface area (Å²) < 4.78 is 0. The number of aromatic hydroxyl groups is 2. The van der Waals surface area contributed by atoms with Crippen molar-refractivity contribution in [1.29, 1.82) is 0 Å². The van der Waals surface area contributed by atoms with Crippen molar-refractivity contribution in [3.05, 3.63) is 53.6 Å². The van der Waals surface area contributed by atoms with E-state index in [0.717, 1.165) is 12.2 Å². The average molecular weight is 301 g/mol. The molecule has 0 fully saturated rings. The van der Waals surface area contributed by atoms with E-state index in [1.54, 1.807) is 18.2 Å². The predicted molar refractivity (Wildman–Crippen MR) is 85.8 cm³/mol. The first-order chi connectivity index (χ1) is 10.2. The number of phenols is 2. The van der Waals surface area contributed by atoms with Crippen LogP contribution in [-0.4, -0.2) is 16.0 Å². The van der Waals surface area contributed by atoms with Crippen LogP contribution in [0.4, 0.5) is 0 Å². The molecule has 0 saturated carbocycles. The first-order valence-electron chi connectivity index (χ1n) is 7.15. The van der Waals surface area contributed by atoms with Gasteiger partial charge in [0.2, 0.25) is 0 Å². The van der Waals surface area contributed by atoms with Crippen LogP contribution in [0.15, 0.2) is 47.4 Å². The molecule has 1 aliphatic rings. The van der Waals surface area contributed by atoms with E-state index < -0.39 is 0 Å².